The maximum atomic E-state index is 11.8. The summed E-state index contributed by atoms with van der Waals surface area (Å²) in [7, 11) is 1.93. The molecule has 1 aliphatic heterocycles. The summed E-state index contributed by atoms with van der Waals surface area (Å²) in [6.45, 7) is 2.45. The van der Waals surface area contributed by atoms with Crippen LogP contribution in [0.4, 0.5) is 5.69 Å². The average molecular weight is 424 g/mol. The summed E-state index contributed by atoms with van der Waals surface area (Å²) < 4.78 is 0. The summed E-state index contributed by atoms with van der Waals surface area (Å²) in [5.41, 5.74) is 4.97. The number of benzene rings is 1. The van der Waals surface area contributed by atoms with E-state index in [0.717, 1.165) is 73.1 Å². The van der Waals surface area contributed by atoms with Gasteiger partial charge in [0, 0.05) is 48.2 Å². The van der Waals surface area contributed by atoms with Crippen LogP contribution in [-0.2, 0) is 4.79 Å². The first kappa shape index (κ1) is 20.6. The summed E-state index contributed by atoms with van der Waals surface area (Å²) in [6, 6.07) is 8.34. The van der Waals surface area contributed by atoms with E-state index in [1.807, 2.05) is 25.6 Å². The molecule has 6 nitrogen and oxygen atoms in total. The number of hydrogen-bond acceptors (Lipinski definition) is 5. The minimum absolute atomic E-state index is 0.245. The minimum atomic E-state index is -0.245. The van der Waals surface area contributed by atoms with Gasteiger partial charge in [-0.15, -0.1) is 0 Å². The van der Waals surface area contributed by atoms with Crippen molar-refractivity contribution in [1.82, 2.24) is 20.5 Å². The molecule has 1 fully saturated rings. The first-order chi connectivity index (χ1) is 14.7. The van der Waals surface area contributed by atoms with Crippen LogP contribution in [0, 0.1) is 5.41 Å². The van der Waals surface area contributed by atoms with E-state index in [1.165, 1.54) is 0 Å². The van der Waals surface area contributed by atoms with E-state index < -0.39 is 0 Å². The van der Waals surface area contributed by atoms with Crippen LogP contribution in [0.2, 0.25) is 5.02 Å². The first-order valence-corrected chi connectivity index (χ1v) is 10.6. The van der Waals surface area contributed by atoms with Crippen LogP contribution in [0.15, 0.2) is 49.1 Å². The fraction of sp³-hybridized carbons (Fsp3) is 0.348. The highest BCUT2D eigenvalue weighted by Crippen LogP contribution is 2.41. The lowest BCUT2D eigenvalue weighted by molar-refractivity contribution is -0.117. The van der Waals surface area contributed by atoms with Gasteiger partial charge in [-0.1, -0.05) is 35.9 Å². The molecule has 3 heterocycles. The Morgan fingerprint density at radius 1 is 1.13 bits per heavy atom. The number of H-pyrrole nitrogens is 1. The largest absolute Gasteiger partial charge is 0.370 e. The highest BCUT2D eigenvalue weighted by molar-refractivity contribution is 6.33. The van der Waals surface area contributed by atoms with E-state index in [-0.39, 0.29) is 5.41 Å². The second-order valence-electron chi connectivity index (χ2n) is 7.90. The number of nitrogens with zero attached hydrogens (tertiary/aromatic N) is 3. The van der Waals surface area contributed by atoms with Crippen molar-refractivity contribution >= 4 is 23.6 Å². The molecule has 0 unspecified atom stereocenters. The Bertz CT molecular complexity index is 979. The van der Waals surface area contributed by atoms with Crippen LogP contribution in [0.1, 0.15) is 19.3 Å². The molecule has 4 rings (SSSR count). The minimum Gasteiger partial charge on any atom is -0.370 e. The number of aldehydes is 1. The molecule has 0 amide bonds. The van der Waals surface area contributed by atoms with Crippen LogP contribution in [0.25, 0.3) is 22.3 Å². The van der Waals surface area contributed by atoms with Gasteiger partial charge in [0.15, 0.2) is 0 Å². The number of carbonyl (C=O) groups is 1. The van der Waals surface area contributed by atoms with Gasteiger partial charge in [-0.25, -0.2) is 0 Å². The monoisotopic (exact) mass is 423 g/mol. The molecule has 7 heteroatoms. The van der Waals surface area contributed by atoms with E-state index in [0.29, 0.717) is 5.02 Å². The smallest absolute Gasteiger partial charge is 0.126 e. The molecule has 1 aromatic carbocycles. The Labute approximate surface area is 181 Å². The summed E-state index contributed by atoms with van der Waals surface area (Å²) in [5.74, 6) is 0. The quantitative estimate of drug-likeness (QED) is 0.557. The van der Waals surface area contributed by atoms with Crippen molar-refractivity contribution in [2.24, 2.45) is 5.41 Å². The fourth-order valence-corrected chi connectivity index (χ4v) is 4.47. The van der Waals surface area contributed by atoms with Gasteiger partial charge in [-0.05, 0) is 44.0 Å². The molecule has 0 aliphatic carbocycles. The number of piperidine rings is 1. The Hall–Kier alpha value is -2.70. The van der Waals surface area contributed by atoms with Crippen molar-refractivity contribution in [3.63, 3.8) is 0 Å². The van der Waals surface area contributed by atoms with Gasteiger partial charge in [0.25, 0.3) is 0 Å². The van der Waals surface area contributed by atoms with E-state index in [4.69, 9.17) is 11.6 Å². The molecular weight excluding hydrogens is 398 g/mol. The van der Waals surface area contributed by atoms with Crippen molar-refractivity contribution < 1.29 is 4.79 Å². The lowest BCUT2D eigenvalue weighted by atomic mass is 9.77. The molecule has 0 spiro atoms. The number of rotatable bonds is 7. The second-order valence-corrected chi connectivity index (χ2v) is 8.31. The molecule has 1 aliphatic rings. The molecule has 3 aromatic rings. The second kappa shape index (κ2) is 8.98. The number of nitrogens with one attached hydrogen (secondary N) is 2. The van der Waals surface area contributed by atoms with Gasteiger partial charge in [0.1, 0.15) is 6.29 Å². The molecule has 0 atom stereocenters. The van der Waals surface area contributed by atoms with Gasteiger partial charge in [-0.3, -0.25) is 10.1 Å². The van der Waals surface area contributed by atoms with E-state index in [2.05, 4.69) is 49.7 Å². The van der Waals surface area contributed by atoms with Gasteiger partial charge < -0.3 is 15.0 Å². The molecule has 0 bridgehead atoms. The van der Waals surface area contributed by atoms with Crippen molar-refractivity contribution in [3.05, 3.63) is 54.1 Å². The molecule has 2 N–H and O–H groups in total. The van der Waals surface area contributed by atoms with Crippen molar-refractivity contribution in [1.29, 1.82) is 0 Å². The highest BCUT2D eigenvalue weighted by Gasteiger charge is 2.35. The number of hydrogen-bond donors (Lipinski definition) is 2. The first-order valence-electron chi connectivity index (χ1n) is 10.2. The maximum Gasteiger partial charge on any atom is 0.126 e. The van der Waals surface area contributed by atoms with Crippen LogP contribution in [0.3, 0.4) is 0 Å². The molecular formula is C23H26ClN5O. The van der Waals surface area contributed by atoms with E-state index >= 15 is 0 Å². The zero-order chi connectivity index (χ0) is 21.0. The molecule has 30 heavy (non-hydrogen) atoms. The summed E-state index contributed by atoms with van der Waals surface area (Å²) in [6.07, 6.45) is 10.9. The van der Waals surface area contributed by atoms with Crippen molar-refractivity contribution in [2.75, 3.05) is 31.6 Å². The molecule has 156 valence electrons. The van der Waals surface area contributed by atoms with E-state index in [9.17, 15) is 4.79 Å². The van der Waals surface area contributed by atoms with Gasteiger partial charge >= 0.3 is 0 Å². The topological polar surface area (TPSA) is 73.9 Å². The van der Waals surface area contributed by atoms with Crippen LogP contribution in [-0.4, -0.2) is 48.1 Å². The zero-order valence-corrected chi connectivity index (χ0v) is 17.8. The maximum absolute atomic E-state index is 11.8. The molecule has 0 saturated carbocycles. The van der Waals surface area contributed by atoms with Crippen LogP contribution < -0.4 is 10.2 Å². The van der Waals surface area contributed by atoms with Crippen molar-refractivity contribution in [3.8, 4) is 22.3 Å². The Morgan fingerprint density at radius 3 is 2.50 bits per heavy atom. The number of pyridine rings is 1. The Morgan fingerprint density at radius 2 is 1.87 bits per heavy atom. The van der Waals surface area contributed by atoms with Gasteiger partial charge in [0.05, 0.1) is 16.9 Å². The van der Waals surface area contributed by atoms with Crippen LogP contribution in [0.5, 0.6) is 0 Å². The lowest BCUT2D eigenvalue weighted by Gasteiger charge is -2.40. The normalized spacial score (nSPS) is 15.9. The van der Waals surface area contributed by atoms with E-state index in [1.54, 1.807) is 6.20 Å². The predicted octanol–water partition coefficient (Wildman–Crippen LogP) is 4.19. The summed E-state index contributed by atoms with van der Waals surface area (Å²) in [5, 5.41) is 10.7. The summed E-state index contributed by atoms with van der Waals surface area (Å²) in [4.78, 5) is 18.5. The zero-order valence-electron chi connectivity index (χ0n) is 17.1. The summed E-state index contributed by atoms with van der Waals surface area (Å²) >= 11 is 6.62. The third kappa shape index (κ3) is 4.11. The Balaban J connectivity index is 1.59. The average Bonchev–Trinajstić information content (AvgIpc) is 3.33. The lowest BCUT2D eigenvalue weighted by Crippen LogP contribution is -2.42. The predicted molar refractivity (Wildman–Crippen MR) is 121 cm³/mol. The van der Waals surface area contributed by atoms with Crippen molar-refractivity contribution in [2.45, 2.75) is 19.3 Å². The number of carbonyl (C=O) groups excluding carboxylic acids is 1. The number of aromatic nitrogens is 3. The fourth-order valence-electron chi connectivity index (χ4n) is 4.19. The third-order valence-electron chi connectivity index (χ3n) is 6.10. The molecule has 2 aromatic heterocycles. The van der Waals surface area contributed by atoms with Crippen LogP contribution >= 0.6 is 11.6 Å². The number of anilines is 1. The molecule has 0 radical (unpaired) electrons. The van der Waals surface area contributed by atoms with Gasteiger partial charge in [0.2, 0.25) is 0 Å². The number of aromatic amines is 1. The SMILES string of the molecule is CNCCC1(C=O)CCN(c2c(Cl)cncc2-c2ccc(-c3cn[nH]c3)cc2)CC1. The Kier molecular flexibility index (Phi) is 6.16. The number of halogens is 1. The van der Waals surface area contributed by atoms with Gasteiger partial charge in [-0.2, -0.15) is 5.10 Å². The standard InChI is InChI=1S/C23H26ClN5O/c1-25-9-6-23(16-30)7-10-29(11-8-23)22-20(14-26-15-21(22)24)18-4-2-17(3-5-18)19-12-27-28-13-19/h2-5,12-16,25H,6-11H2,1H3,(H,27,28). The molecule has 1 saturated heterocycles. The third-order valence-corrected chi connectivity index (χ3v) is 6.38. The highest BCUT2D eigenvalue weighted by atomic mass is 35.5.